The molecule has 0 fully saturated rings. The molecule has 0 saturated carbocycles. The number of amides is 1. The first-order valence-corrected chi connectivity index (χ1v) is 7.74. The van der Waals surface area contributed by atoms with Crippen molar-refractivity contribution in [1.29, 1.82) is 0 Å². The molecule has 2 aromatic rings. The molecule has 136 valence electrons. The molecule has 0 atom stereocenters. The van der Waals surface area contributed by atoms with E-state index < -0.39 is 30.3 Å². The fourth-order valence-corrected chi connectivity index (χ4v) is 2.21. The van der Waals surface area contributed by atoms with E-state index in [1.54, 1.807) is 26.0 Å². The number of benzene rings is 2. The number of anilines is 1. The molecule has 0 aliphatic heterocycles. The summed E-state index contributed by atoms with van der Waals surface area (Å²) in [5, 5.41) is 2.56. The summed E-state index contributed by atoms with van der Waals surface area (Å²) in [7, 11) is 1.26. The van der Waals surface area contributed by atoms with Crippen molar-refractivity contribution in [3.63, 3.8) is 0 Å². The van der Waals surface area contributed by atoms with E-state index in [1.807, 2.05) is 0 Å². The number of aryl methyl sites for hydroxylation is 2. The van der Waals surface area contributed by atoms with E-state index in [0.29, 0.717) is 11.3 Å². The average Bonchev–Trinajstić information content (AvgIpc) is 2.62. The molecule has 0 spiro atoms. The third-order valence-electron chi connectivity index (χ3n) is 3.69. The number of methoxy groups -OCH3 is 1. The van der Waals surface area contributed by atoms with E-state index in [2.05, 4.69) is 10.1 Å². The average molecular weight is 359 g/mol. The van der Waals surface area contributed by atoms with Crippen LogP contribution < -0.4 is 5.32 Å². The first kappa shape index (κ1) is 19.1. The van der Waals surface area contributed by atoms with Crippen molar-refractivity contribution in [3.8, 4) is 0 Å². The summed E-state index contributed by atoms with van der Waals surface area (Å²) in [4.78, 5) is 35.6. The Balaban J connectivity index is 2.02. The van der Waals surface area contributed by atoms with Gasteiger partial charge < -0.3 is 14.8 Å². The monoisotopic (exact) mass is 359 g/mol. The second-order valence-electron chi connectivity index (χ2n) is 5.60. The number of carbonyl (C=O) groups excluding carboxylic acids is 3. The summed E-state index contributed by atoms with van der Waals surface area (Å²) in [6.07, 6.45) is 0. The summed E-state index contributed by atoms with van der Waals surface area (Å²) in [5.41, 5.74) is 2.00. The number of ether oxygens (including phenoxy) is 2. The molecule has 7 heteroatoms. The number of hydrogen-bond donors (Lipinski definition) is 1. The molecule has 26 heavy (non-hydrogen) atoms. The number of rotatable bonds is 5. The van der Waals surface area contributed by atoms with Gasteiger partial charge in [0.25, 0.3) is 5.91 Å². The van der Waals surface area contributed by atoms with Crippen LogP contribution in [0.25, 0.3) is 0 Å². The van der Waals surface area contributed by atoms with E-state index in [1.165, 1.54) is 25.3 Å². The van der Waals surface area contributed by atoms with Crippen LogP contribution >= 0.6 is 0 Å². The molecule has 0 unspecified atom stereocenters. The number of esters is 2. The Bertz CT molecular complexity index is 863. The van der Waals surface area contributed by atoms with E-state index in [4.69, 9.17) is 4.74 Å². The van der Waals surface area contributed by atoms with Crippen LogP contribution in [0.4, 0.5) is 10.1 Å². The third kappa shape index (κ3) is 4.66. The number of halogens is 1. The van der Waals surface area contributed by atoms with Crippen molar-refractivity contribution in [1.82, 2.24) is 0 Å². The topological polar surface area (TPSA) is 81.7 Å². The summed E-state index contributed by atoms with van der Waals surface area (Å²) < 4.78 is 22.8. The Hall–Kier alpha value is -3.22. The van der Waals surface area contributed by atoms with Gasteiger partial charge in [-0.2, -0.15) is 0 Å². The van der Waals surface area contributed by atoms with Gasteiger partial charge in [0, 0.05) is 5.69 Å². The number of nitrogens with one attached hydrogen (secondary N) is 1. The Morgan fingerprint density at radius 2 is 1.69 bits per heavy atom. The lowest BCUT2D eigenvalue weighted by atomic mass is 10.1. The van der Waals surface area contributed by atoms with E-state index in [-0.39, 0.29) is 11.1 Å². The van der Waals surface area contributed by atoms with Crippen molar-refractivity contribution in [3.05, 3.63) is 64.5 Å². The highest BCUT2D eigenvalue weighted by atomic mass is 19.1. The Kier molecular flexibility index (Phi) is 6.06. The Morgan fingerprint density at radius 3 is 2.38 bits per heavy atom. The van der Waals surface area contributed by atoms with Gasteiger partial charge in [-0.25, -0.2) is 14.0 Å². The minimum atomic E-state index is -0.794. The molecular weight excluding hydrogens is 341 g/mol. The van der Waals surface area contributed by atoms with Gasteiger partial charge in [0.15, 0.2) is 6.61 Å². The predicted octanol–water partition coefficient (Wildman–Crippen LogP) is 3.02. The zero-order valence-corrected chi connectivity index (χ0v) is 14.6. The molecule has 2 aromatic carbocycles. The quantitative estimate of drug-likeness (QED) is 0.830. The molecule has 0 bridgehead atoms. The van der Waals surface area contributed by atoms with Crippen LogP contribution in [0.15, 0.2) is 36.4 Å². The molecule has 0 aliphatic rings. The van der Waals surface area contributed by atoms with Gasteiger partial charge in [0.2, 0.25) is 0 Å². The Morgan fingerprint density at radius 1 is 1.00 bits per heavy atom. The molecule has 2 rings (SSSR count). The summed E-state index contributed by atoms with van der Waals surface area (Å²) in [6, 6.07) is 8.44. The molecule has 6 nitrogen and oxygen atoms in total. The molecule has 1 amide bonds. The van der Waals surface area contributed by atoms with Gasteiger partial charge in [0.05, 0.1) is 18.2 Å². The van der Waals surface area contributed by atoms with Crippen LogP contribution in [0.1, 0.15) is 31.8 Å². The fraction of sp³-hybridized carbons (Fsp3) is 0.211. The SMILES string of the molecule is COC(=O)c1ccc(C)c(NC(=O)COC(=O)c2cc(F)ccc2C)c1. The maximum atomic E-state index is 13.2. The van der Waals surface area contributed by atoms with Crippen molar-refractivity contribution < 1.29 is 28.2 Å². The van der Waals surface area contributed by atoms with Crippen molar-refractivity contribution in [2.75, 3.05) is 19.0 Å². The van der Waals surface area contributed by atoms with E-state index >= 15 is 0 Å². The minimum Gasteiger partial charge on any atom is -0.465 e. The molecule has 0 aliphatic carbocycles. The van der Waals surface area contributed by atoms with Gasteiger partial charge in [-0.1, -0.05) is 12.1 Å². The minimum absolute atomic E-state index is 0.0571. The normalized spacial score (nSPS) is 10.2. The molecule has 1 N–H and O–H groups in total. The summed E-state index contributed by atoms with van der Waals surface area (Å²) in [6.45, 7) is 2.84. The second-order valence-corrected chi connectivity index (χ2v) is 5.60. The maximum absolute atomic E-state index is 13.2. The lowest BCUT2D eigenvalue weighted by molar-refractivity contribution is -0.119. The second kappa shape index (κ2) is 8.24. The smallest absolute Gasteiger partial charge is 0.339 e. The number of carbonyl (C=O) groups is 3. The lowest BCUT2D eigenvalue weighted by Gasteiger charge is -2.11. The van der Waals surface area contributed by atoms with Crippen molar-refractivity contribution >= 4 is 23.5 Å². The van der Waals surface area contributed by atoms with Gasteiger partial charge >= 0.3 is 11.9 Å². The summed E-state index contributed by atoms with van der Waals surface area (Å²) in [5.74, 6) is -2.48. The van der Waals surface area contributed by atoms with E-state index in [0.717, 1.165) is 11.6 Å². The highest BCUT2D eigenvalue weighted by Crippen LogP contribution is 2.18. The first-order valence-electron chi connectivity index (χ1n) is 7.74. The molecule has 0 radical (unpaired) electrons. The molecule has 0 aromatic heterocycles. The lowest BCUT2D eigenvalue weighted by Crippen LogP contribution is -2.22. The van der Waals surface area contributed by atoms with Crippen LogP contribution in [0.5, 0.6) is 0 Å². The zero-order chi connectivity index (χ0) is 19.3. The maximum Gasteiger partial charge on any atom is 0.339 e. The molecular formula is C19H18FNO5. The van der Waals surface area contributed by atoms with Crippen LogP contribution in [-0.4, -0.2) is 31.6 Å². The van der Waals surface area contributed by atoms with Crippen LogP contribution in [0.3, 0.4) is 0 Å². The van der Waals surface area contributed by atoms with Crippen molar-refractivity contribution in [2.45, 2.75) is 13.8 Å². The Labute approximate surface area is 149 Å². The largest absolute Gasteiger partial charge is 0.465 e. The van der Waals surface area contributed by atoms with Crippen LogP contribution in [0.2, 0.25) is 0 Å². The standard InChI is InChI=1S/C19H18FNO5/c1-11-5-7-14(20)9-15(11)19(24)26-10-17(22)21-16-8-13(18(23)25-3)6-4-12(16)2/h4-9H,10H2,1-3H3,(H,21,22). The van der Waals surface area contributed by atoms with Gasteiger partial charge in [-0.3, -0.25) is 4.79 Å². The van der Waals surface area contributed by atoms with E-state index in [9.17, 15) is 18.8 Å². The van der Waals surface area contributed by atoms with Crippen molar-refractivity contribution in [2.24, 2.45) is 0 Å². The fourth-order valence-electron chi connectivity index (χ4n) is 2.21. The van der Waals surface area contributed by atoms with Crippen LogP contribution in [-0.2, 0) is 14.3 Å². The first-order chi connectivity index (χ1) is 12.3. The molecule has 0 heterocycles. The highest BCUT2D eigenvalue weighted by molar-refractivity contribution is 5.98. The van der Waals surface area contributed by atoms with Crippen LogP contribution in [0, 0.1) is 19.7 Å². The third-order valence-corrected chi connectivity index (χ3v) is 3.69. The van der Waals surface area contributed by atoms with Gasteiger partial charge in [-0.15, -0.1) is 0 Å². The highest BCUT2D eigenvalue weighted by Gasteiger charge is 2.15. The van der Waals surface area contributed by atoms with Gasteiger partial charge in [-0.05, 0) is 49.2 Å². The summed E-state index contributed by atoms with van der Waals surface area (Å²) >= 11 is 0. The van der Waals surface area contributed by atoms with Gasteiger partial charge in [0.1, 0.15) is 5.82 Å². The zero-order valence-electron chi connectivity index (χ0n) is 14.6. The number of hydrogen-bond acceptors (Lipinski definition) is 5. The molecule has 0 saturated heterocycles. The predicted molar refractivity (Wildman–Crippen MR) is 92.6 cm³/mol.